The predicted molar refractivity (Wildman–Crippen MR) is 115 cm³/mol. The molecule has 1 aliphatic rings. The molecule has 0 aromatic heterocycles. The Balaban J connectivity index is 1.55. The quantitative estimate of drug-likeness (QED) is 0.624. The van der Waals surface area contributed by atoms with Crippen molar-refractivity contribution in [3.05, 3.63) is 59.9 Å². The Morgan fingerprint density at radius 1 is 1.17 bits per heavy atom. The van der Waals surface area contributed by atoms with Crippen molar-refractivity contribution >= 4 is 21.6 Å². The van der Waals surface area contributed by atoms with E-state index in [9.17, 15) is 17.6 Å². The molecule has 1 saturated heterocycles. The number of hydrogen-bond donors (Lipinski definition) is 2. The summed E-state index contributed by atoms with van der Waals surface area (Å²) in [5.74, 6) is -0.758. The third-order valence-electron chi connectivity index (χ3n) is 5.35. The van der Waals surface area contributed by atoms with Crippen molar-refractivity contribution in [3.8, 4) is 0 Å². The molecule has 3 rings (SSSR count). The van der Waals surface area contributed by atoms with E-state index in [0.29, 0.717) is 12.6 Å². The summed E-state index contributed by atoms with van der Waals surface area (Å²) in [5.41, 5.74) is 0.529. The fourth-order valence-corrected chi connectivity index (χ4v) is 4.72. The summed E-state index contributed by atoms with van der Waals surface area (Å²) in [5, 5.41) is 2.87. The molecule has 1 aliphatic heterocycles. The minimum absolute atomic E-state index is 0.0263. The van der Waals surface area contributed by atoms with Gasteiger partial charge in [-0.15, -0.1) is 0 Å². The molecule has 0 bridgehead atoms. The largest absolute Gasteiger partial charge is 0.352 e. The fraction of sp³-hybridized carbons (Fsp3) is 0.409. The van der Waals surface area contributed by atoms with Gasteiger partial charge in [-0.3, -0.25) is 9.52 Å². The maximum Gasteiger partial charge on any atom is 0.261 e. The first-order chi connectivity index (χ1) is 14.3. The van der Waals surface area contributed by atoms with Crippen LogP contribution in [0.3, 0.4) is 0 Å². The Hall–Kier alpha value is -2.45. The smallest absolute Gasteiger partial charge is 0.261 e. The molecule has 1 fully saturated rings. The van der Waals surface area contributed by atoms with Crippen molar-refractivity contribution in [1.29, 1.82) is 0 Å². The van der Waals surface area contributed by atoms with Gasteiger partial charge in [0.2, 0.25) is 0 Å². The van der Waals surface area contributed by atoms with Crippen LogP contribution < -0.4 is 10.0 Å². The highest BCUT2D eigenvalue weighted by Gasteiger charge is 2.18. The van der Waals surface area contributed by atoms with Gasteiger partial charge in [-0.1, -0.05) is 12.5 Å². The van der Waals surface area contributed by atoms with Gasteiger partial charge in [0, 0.05) is 30.4 Å². The van der Waals surface area contributed by atoms with Crippen LogP contribution in [-0.4, -0.2) is 44.9 Å². The molecule has 0 radical (unpaired) electrons. The average molecular weight is 434 g/mol. The van der Waals surface area contributed by atoms with Crippen molar-refractivity contribution in [2.75, 3.05) is 24.4 Å². The molecule has 8 heteroatoms. The first-order valence-electron chi connectivity index (χ1n) is 10.3. The molecule has 1 unspecified atom stereocenters. The van der Waals surface area contributed by atoms with E-state index in [2.05, 4.69) is 21.9 Å². The second-order valence-corrected chi connectivity index (χ2v) is 9.31. The average Bonchev–Trinajstić information content (AvgIpc) is 2.74. The maximum atomic E-state index is 13.0. The maximum absolute atomic E-state index is 13.0. The van der Waals surface area contributed by atoms with E-state index in [-0.39, 0.29) is 22.1 Å². The summed E-state index contributed by atoms with van der Waals surface area (Å²) < 4.78 is 40.6. The lowest BCUT2D eigenvalue weighted by Gasteiger charge is -2.33. The highest BCUT2D eigenvalue weighted by Crippen LogP contribution is 2.18. The number of nitrogens with one attached hydrogen (secondary N) is 2. The second-order valence-electron chi connectivity index (χ2n) is 7.63. The van der Waals surface area contributed by atoms with Gasteiger partial charge in [-0.2, -0.15) is 0 Å². The lowest BCUT2D eigenvalue weighted by atomic mass is 10.0. The lowest BCUT2D eigenvalue weighted by molar-refractivity contribution is 0.0948. The number of carbonyl (C=O) groups is 1. The minimum atomic E-state index is -3.89. The zero-order chi connectivity index (χ0) is 21.6. The normalized spacial score (nSPS) is 17.5. The van der Waals surface area contributed by atoms with Crippen LogP contribution in [0, 0.1) is 5.82 Å². The molecule has 2 N–H and O–H groups in total. The van der Waals surface area contributed by atoms with Crippen molar-refractivity contribution in [2.45, 2.75) is 43.5 Å². The van der Waals surface area contributed by atoms with Crippen LogP contribution in [0.2, 0.25) is 0 Å². The molecule has 0 saturated carbocycles. The van der Waals surface area contributed by atoms with Crippen LogP contribution >= 0.6 is 0 Å². The highest BCUT2D eigenvalue weighted by molar-refractivity contribution is 7.92. The number of carbonyl (C=O) groups excluding carboxylic acids is 1. The summed E-state index contributed by atoms with van der Waals surface area (Å²) in [7, 11) is -3.89. The molecule has 1 atom stereocenters. The monoisotopic (exact) mass is 433 g/mol. The Labute approximate surface area is 177 Å². The van der Waals surface area contributed by atoms with Gasteiger partial charge < -0.3 is 10.2 Å². The van der Waals surface area contributed by atoms with Crippen molar-refractivity contribution in [3.63, 3.8) is 0 Å². The van der Waals surface area contributed by atoms with Gasteiger partial charge in [0.1, 0.15) is 5.82 Å². The third-order valence-corrected chi connectivity index (χ3v) is 6.73. The van der Waals surface area contributed by atoms with E-state index in [1.165, 1.54) is 61.7 Å². The summed E-state index contributed by atoms with van der Waals surface area (Å²) in [4.78, 5) is 14.9. The number of halogens is 1. The van der Waals surface area contributed by atoms with E-state index >= 15 is 0 Å². The zero-order valence-corrected chi connectivity index (χ0v) is 17.9. The summed E-state index contributed by atoms with van der Waals surface area (Å²) >= 11 is 0. The van der Waals surface area contributed by atoms with E-state index in [1.54, 1.807) is 6.07 Å². The third kappa shape index (κ3) is 6.03. The Morgan fingerprint density at radius 2 is 1.93 bits per heavy atom. The molecular formula is C22H28FN3O3S. The number of rotatable bonds is 8. The van der Waals surface area contributed by atoms with Crippen LogP contribution in [0.25, 0.3) is 0 Å². The van der Waals surface area contributed by atoms with Crippen LogP contribution in [0.15, 0.2) is 53.4 Å². The summed E-state index contributed by atoms with van der Waals surface area (Å²) in [6.07, 6.45) is 4.58. The molecule has 162 valence electrons. The molecule has 30 heavy (non-hydrogen) atoms. The molecule has 1 heterocycles. The number of likely N-dealkylation sites (tertiary alicyclic amines) is 1. The molecular weight excluding hydrogens is 405 g/mol. The Kier molecular flexibility index (Phi) is 7.44. The number of hydrogen-bond acceptors (Lipinski definition) is 4. The molecule has 0 aliphatic carbocycles. The number of amides is 1. The van der Waals surface area contributed by atoms with Gasteiger partial charge in [-0.25, -0.2) is 12.8 Å². The van der Waals surface area contributed by atoms with Crippen LogP contribution in [0.4, 0.5) is 10.1 Å². The van der Waals surface area contributed by atoms with E-state index in [0.717, 1.165) is 19.5 Å². The number of sulfonamides is 1. The Bertz CT molecular complexity index is 964. The zero-order valence-electron chi connectivity index (χ0n) is 17.1. The van der Waals surface area contributed by atoms with Gasteiger partial charge >= 0.3 is 0 Å². The molecule has 0 spiro atoms. The lowest BCUT2D eigenvalue weighted by Crippen LogP contribution is -2.39. The topological polar surface area (TPSA) is 78.5 Å². The molecule has 1 amide bonds. The van der Waals surface area contributed by atoms with E-state index < -0.39 is 15.8 Å². The standard InChI is InChI=1S/C22H28FN3O3S/c1-17-6-2-3-14-26(17)15-5-13-24-22(27)18-7-4-8-21(16-18)30(28,29)25-20-11-9-19(23)10-12-20/h4,7-12,16-17,25H,2-3,5-6,13-15H2,1H3,(H,24,27). The first-order valence-corrected chi connectivity index (χ1v) is 11.7. The number of anilines is 1. The minimum Gasteiger partial charge on any atom is -0.352 e. The molecule has 2 aromatic rings. The van der Waals surface area contributed by atoms with Crippen LogP contribution in [-0.2, 0) is 10.0 Å². The highest BCUT2D eigenvalue weighted by atomic mass is 32.2. The van der Waals surface area contributed by atoms with Crippen molar-refractivity contribution in [2.24, 2.45) is 0 Å². The van der Waals surface area contributed by atoms with Gasteiger partial charge in [0.25, 0.3) is 15.9 Å². The summed E-state index contributed by atoms with van der Waals surface area (Å²) in [6.45, 7) is 4.82. The second kappa shape index (κ2) is 10.0. The van der Waals surface area contributed by atoms with E-state index in [1.807, 2.05) is 0 Å². The summed E-state index contributed by atoms with van der Waals surface area (Å²) in [6, 6.07) is 11.5. The first kappa shape index (κ1) is 22.2. The predicted octanol–water partition coefficient (Wildman–Crippen LogP) is 3.62. The van der Waals surface area contributed by atoms with Gasteiger partial charge in [0.05, 0.1) is 4.90 Å². The number of benzene rings is 2. The molecule has 2 aromatic carbocycles. The van der Waals surface area contributed by atoms with Crippen LogP contribution in [0.5, 0.6) is 0 Å². The van der Waals surface area contributed by atoms with Crippen molar-refractivity contribution < 1.29 is 17.6 Å². The number of piperidine rings is 1. The van der Waals surface area contributed by atoms with Gasteiger partial charge in [0.15, 0.2) is 0 Å². The van der Waals surface area contributed by atoms with Crippen LogP contribution in [0.1, 0.15) is 43.0 Å². The fourth-order valence-electron chi connectivity index (χ4n) is 3.61. The molecule has 6 nitrogen and oxygen atoms in total. The SMILES string of the molecule is CC1CCCCN1CCCNC(=O)c1cccc(S(=O)(=O)Nc2ccc(F)cc2)c1. The Morgan fingerprint density at radius 3 is 2.67 bits per heavy atom. The van der Waals surface area contributed by atoms with Gasteiger partial charge in [-0.05, 0) is 75.2 Å². The van der Waals surface area contributed by atoms with Crippen molar-refractivity contribution in [1.82, 2.24) is 10.2 Å². The number of nitrogens with zero attached hydrogens (tertiary/aromatic N) is 1. The van der Waals surface area contributed by atoms with E-state index in [4.69, 9.17) is 0 Å².